The Balaban J connectivity index is 2.05. The highest BCUT2D eigenvalue weighted by atomic mass is 35.5. The molecular formula is C14H21ClN2O2S. The van der Waals surface area contributed by atoms with Crippen LogP contribution < -0.4 is 10.6 Å². The number of nitrogens with one attached hydrogen (secondary N) is 2. The third-order valence-corrected chi connectivity index (χ3v) is 3.30. The smallest absolute Gasteiger partial charge is 0.407 e. The maximum atomic E-state index is 11.3. The molecule has 0 atom stereocenters. The molecule has 1 aromatic heterocycles. The van der Waals surface area contributed by atoms with Crippen LogP contribution in [0.4, 0.5) is 4.79 Å². The first-order chi connectivity index (χ1) is 9.37. The van der Waals surface area contributed by atoms with Crippen molar-refractivity contribution in [2.75, 3.05) is 19.6 Å². The number of carbonyl (C=O) groups is 1. The van der Waals surface area contributed by atoms with E-state index in [4.69, 9.17) is 16.3 Å². The minimum atomic E-state index is -0.456. The van der Waals surface area contributed by atoms with E-state index in [0.29, 0.717) is 13.1 Å². The van der Waals surface area contributed by atoms with Crippen molar-refractivity contribution in [2.45, 2.75) is 26.4 Å². The fourth-order valence-electron chi connectivity index (χ4n) is 1.35. The lowest BCUT2D eigenvalue weighted by atomic mass is 10.2. The van der Waals surface area contributed by atoms with E-state index in [9.17, 15) is 4.79 Å². The summed E-state index contributed by atoms with van der Waals surface area (Å²) in [5, 5.41) is 5.88. The van der Waals surface area contributed by atoms with E-state index in [0.717, 1.165) is 15.8 Å². The molecule has 1 heterocycles. The normalized spacial score (nSPS) is 11.8. The Bertz CT molecular complexity index is 452. The summed E-state index contributed by atoms with van der Waals surface area (Å²) < 4.78 is 5.91. The van der Waals surface area contributed by atoms with E-state index < -0.39 is 5.60 Å². The predicted molar refractivity (Wildman–Crippen MR) is 85.5 cm³/mol. The molecule has 20 heavy (non-hydrogen) atoms. The maximum Gasteiger partial charge on any atom is 0.407 e. The van der Waals surface area contributed by atoms with Crippen molar-refractivity contribution >= 4 is 35.1 Å². The van der Waals surface area contributed by atoms with Crippen LogP contribution in [0, 0.1) is 0 Å². The van der Waals surface area contributed by atoms with Gasteiger partial charge in [0.1, 0.15) is 5.60 Å². The molecule has 1 rings (SSSR count). The van der Waals surface area contributed by atoms with Gasteiger partial charge in [0.05, 0.1) is 4.34 Å². The van der Waals surface area contributed by atoms with Crippen molar-refractivity contribution < 1.29 is 9.53 Å². The highest BCUT2D eigenvalue weighted by Crippen LogP contribution is 2.22. The number of ether oxygens (including phenoxy) is 1. The molecular weight excluding hydrogens is 296 g/mol. The van der Waals surface area contributed by atoms with Crippen LogP contribution in [0.5, 0.6) is 0 Å². The molecule has 0 saturated heterocycles. The van der Waals surface area contributed by atoms with E-state index in [2.05, 4.69) is 10.6 Å². The third-order valence-electron chi connectivity index (χ3n) is 2.11. The number of rotatable bonds is 6. The first kappa shape index (κ1) is 17.0. The molecule has 0 unspecified atom stereocenters. The van der Waals surface area contributed by atoms with Gasteiger partial charge < -0.3 is 15.4 Å². The minimum Gasteiger partial charge on any atom is -0.444 e. The summed E-state index contributed by atoms with van der Waals surface area (Å²) in [4.78, 5) is 12.5. The second-order valence-corrected chi connectivity index (χ2v) is 6.92. The van der Waals surface area contributed by atoms with Crippen LogP contribution in [0.25, 0.3) is 6.08 Å². The quantitative estimate of drug-likeness (QED) is 0.789. The topological polar surface area (TPSA) is 50.4 Å². The molecule has 0 fully saturated rings. The van der Waals surface area contributed by atoms with Gasteiger partial charge in [0, 0.05) is 24.5 Å². The van der Waals surface area contributed by atoms with Gasteiger partial charge in [0.2, 0.25) is 0 Å². The van der Waals surface area contributed by atoms with E-state index in [-0.39, 0.29) is 6.09 Å². The monoisotopic (exact) mass is 316 g/mol. The lowest BCUT2D eigenvalue weighted by Gasteiger charge is -2.19. The van der Waals surface area contributed by atoms with E-state index in [1.54, 1.807) is 11.3 Å². The van der Waals surface area contributed by atoms with E-state index >= 15 is 0 Å². The SMILES string of the molecule is CC(C)(C)OC(=O)NCCNC/C=C/c1ccc(Cl)s1. The average Bonchev–Trinajstić information content (AvgIpc) is 2.71. The Morgan fingerprint density at radius 3 is 2.75 bits per heavy atom. The Morgan fingerprint density at radius 2 is 2.15 bits per heavy atom. The van der Waals surface area contributed by atoms with Gasteiger partial charge in [0.25, 0.3) is 0 Å². The van der Waals surface area contributed by atoms with Crippen LogP contribution in [-0.2, 0) is 4.74 Å². The number of alkyl carbamates (subject to hydrolysis) is 1. The Kier molecular flexibility index (Phi) is 7.05. The largest absolute Gasteiger partial charge is 0.444 e. The second-order valence-electron chi connectivity index (χ2n) is 5.18. The van der Waals surface area contributed by atoms with Gasteiger partial charge in [0.15, 0.2) is 0 Å². The molecule has 0 bridgehead atoms. The molecule has 112 valence electrons. The molecule has 6 heteroatoms. The Hall–Kier alpha value is -1.04. The Labute approximate surface area is 129 Å². The number of hydrogen-bond acceptors (Lipinski definition) is 4. The maximum absolute atomic E-state index is 11.3. The van der Waals surface area contributed by atoms with Crippen molar-refractivity contribution in [2.24, 2.45) is 0 Å². The second kappa shape index (κ2) is 8.29. The first-order valence-electron chi connectivity index (χ1n) is 6.46. The van der Waals surface area contributed by atoms with Crippen molar-refractivity contribution in [3.63, 3.8) is 0 Å². The van der Waals surface area contributed by atoms with Crippen LogP contribution in [-0.4, -0.2) is 31.3 Å². The molecule has 0 radical (unpaired) electrons. The standard InChI is InChI=1S/C14H21ClN2O2S/c1-14(2,3)19-13(18)17-10-9-16-8-4-5-11-6-7-12(15)20-11/h4-7,16H,8-10H2,1-3H3,(H,17,18)/b5-4+. The van der Waals surface area contributed by atoms with Gasteiger partial charge in [-0.25, -0.2) is 4.79 Å². The summed E-state index contributed by atoms with van der Waals surface area (Å²) in [6.45, 7) is 7.49. The van der Waals surface area contributed by atoms with Crippen molar-refractivity contribution in [1.82, 2.24) is 10.6 Å². The van der Waals surface area contributed by atoms with Crippen molar-refractivity contribution in [3.05, 3.63) is 27.4 Å². The zero-order valence-corrected chi connectivity index (χ0v) is 13.6. The molecule has 1 aromatic rings. The molecule has 0 aromatic carbocycles. The first-order valence-corrected chi connectivity index (χ1v) is 7.66. The molecule has 0 aliphatic heterocycles. The molecule has 2 N–H and O–H groups in total. The molecule has 0 aliphatic rings. The highest BCUT2D eigenvalue weighted by Gasteiger charge is 2.15. The van der Waals surface area contributed by atoms with Gasteiger partial charge in [-0.2, -0.15) is 0 Å². The number of thiophene rings is 1. The summed E-state index contributed by atoms with van der Waals surface area (Å²) in [5.74, 6) is 0. The van der Waals surface area contributed by atoms with Gasteiger partial charge in [-0.1, -0.05) is 17.7 Å². The molecule has 0 aliphatic carbocycles. The van der Waals surface area contributed by atoms with Crippen LogP contribution in [0.1, 0.15) is 25.6 Å². The zero-order valence-electron chi connectivity index (χ0n) is 12.0. The summed E-state index contributed by atoms with van der Waals surface area (Å²) in [6.07, 6.45) is 3.66. The third kappa shape index (κ3) is 8.19. The highest BCUT2D eigenvalue weighted by molar-refractivity contribution is 7.16. The summed E-state index contributed by atoms with van der Waals surface area (Å²) in [7, 11) is 0. The van der Waals surface area contributed by atoms with Gasteiger partial charge in [-0.05, 0) is 39.0 Å². The zero-order chi connectivity index (χ0) is 15.0. The van der Waals surface area contributed by atoms with Gasteiger partial charge in [-0.3, -0.25) is 0 Å². The summed E-state index contributed by atoms with van der Waals surface area (Å²) >= 11 is 7.38. The lowest BCUT2D eigenvalue weighted by Crippen LogP contribution is -2.36. The fourth-order valence-corrected chi connectivity index (χ4v) is 2.34. The number of carbonyl (C=O) groups excluding carboxylic acids is 1. The molecule has 0 saturated carbocycles. The molecule has 1 amide bonds. The number of amides is 1. The summed E-state index contributed by atoms with van der Waals surface area (Å²) in [5.41, 5.74) is -0.456. The molecule has 0 spiro atoms. The predicted octanol–water partition coefficient (Wildman–Crippen LogP) is 3.53. The van der Waals surface area contributed by atoms with Crippen LogP contribution in [0.3, 0.4) is 0 Å². The van der Waals surface area contributed by atoms with Gasteiger partial charge >= 0.3 is 6.09 Å². The lowest BCUT2D eigenvalue weighted by molar-refractivity contribution is 0.0528. The molecule has 4 nitrogen and oxygen atoms in total. The van der Waals surface area contributed by atoms with Crippen molar-refractivity contribution in [3.8, 4) is 0 Å². The van der Waals surface area contributed by atoms with Gasteiger partial charge in [-0.15, -0.1) is 11.3 Å². The van der Waals surface area contributed by atoms with E-state index in [1.807, 2.05) is 45.1 Å². The van der Waals surface area contributed by atoms with Crippen LogP contribution in [0.2, 0.25) is 4.34 Å². The Morgan fingerprint density at radius 1 is 1.40 bits per heavy atom. The van der Waals surface area contributed by atoms with Crippen LogP contribution in [0.15, 0.2) is 18.2 Å². The number of hydrogen-bond donors (Lipinski definition) is 2. The minimum absolute atomic E-state index is 0.386. The average molecular weight is 317 g/mol. The fraction of sp³-hybridized carbons (Fsp3) is 0.500. The summed E-state index contributed by atoms with van der Waals surface area (Å²) in [6, 6.07) is 3.86. The van der Waals surface area contributed by atoms with Crippen molar-refractivity contribution in [1.29, 1.82) is 0 Å². The van der Waals surface area contributed by atoms with Crippen LogP contribution >= 0.6 is 22.9 Å². The van der Waals surface area contributed by atoms with E-state index in [1.165, 1.54) is 0 Å². The number of halogens is 1.